The second-order valence-electron chi connectivity index (χ2n) is 27.7. The number of benzene rings is 10. The third-order valence-corrected chi connectivity index (χ3v) is 19.8. The monoisotopic (exact) mass is 1470 g/mol. The first-order valence-electron chi connectivity index (χ1n) is 37.8. The predicted molar refractivity (Wildman–Crippen MR) is 409 cm³/mol. The summed E-state index contributed by atoms with van der Waals surface area (Å²) in [6, 6.07) is 94.4. The van der Waals surface area contributed by atoms with Crippen LogP contribution in [0.1, 0.15) is 75.6 Å². The van der Waals surface area contributed by atoms with Crippen molar-refractivity contribution in [3.8, 4) is 0 Å². The van der Waals surface area contributed by atoms with Gasteiger partial charge in [-0.15, -0.1) is 0 Å². The maximum absolute atomic E-state index is 9.20. The molecule has 4 fully saturated rings. The van der Waals surface area contributed by atoms with Crippen LogP contribution in [0.25, 0.3) is 21.2 Å². The van der Waals surface area contributed by atoms with E-state index in [-0.39, 0.29) is 72.7 Å². The van der Waals surface area contributed by atoms with E-state index in [1.54, 1.807) is 0 Å². The quantitative estimate of drug-likeness (QED) is 0.0153. The first-order valence-corrected chi connectivity index (χ1v) is 37.8. The van der Waals surface area contributed by atoms with Crippen molar-refractivity contribution in [1.82, 2.24) is 0 Å². The van der Waals surface area contributed by atoms with Gasteiger partial charge in [0.15, 0.2) is 25.2 Å². The van der Waals surface area contributed by atoms with Gasteiger partial charge in [0.1, 0.15) is 73.2 Å². The summed E-state index contributed by atoms with van der Waals surface area (Å²) in [7, 11) is 0. The number of ether oxygens (including phenoxy) is 16. The van der Waals surface area contributed by atoms with Crippen LogP contribution in [0.3, 0.4) is 0 Å². The molecule has 4 saturated heterocycles. The SMILES string of the molecule is [N-]=[N+]=NCCCCCO[C@H]1OC(COCc2ccccc2)[C@@H](OCc2ccccc2)C(OCc2ccccc2)C1O[C@H]1OC(COCc2ccccc2)[C@@H](OCc2ccccc2)C(OCc2ccccc2)C1O[C@@H]1OC2COC(c3ccccc3)O[C@H]2C(OCc2ccc3ccccc3c2)C1OCc1ccccc1. The molecular formula is C90H95N3O16. The Labute approximate surface area is 637 Å². The van der Waals surface area contributed by atoms with Crippen LogP contribution in [0.5, 0.6) is 0 Å². The van der Waals surface area contributed by atoms with Gasteiger partial charge in [0.2, 0.25) is 0 Å². The van der Waals surface area contributed by atoms with Gasteiger partial charge >= 0.3 is 0 Å². The van der Waals surface area contributed by atoms with Crippen LogP contribution >= 0.6 is 0 Å². The predicted octanol–water partition coefficient (Wildman–Crippen LogP) is 16.6. The Morgan fingerprint density at radius 1 is 0.330 bits per heavy atom. The molecule has 4 aliphatic heterocycles. The van der Waals surface area contributed by atoms with E-state index in [0.29, 0.717) is 32.4 Å². The number of fused-ring (bicyclic) bond motifs is 2. The molecule has 10 aromatic rings. The van der Waals surface area contributed by atoms with Gasteiger partial charge in [-0.2, -0.15) is 0 Å². The number of unbranched alkanes of at least 4 members (excludes halogenated alkanes) is 2. The smallest absolute Gasteiger partial charge is 0.187 e. The summed E-state index contributed by atoms with van der Waals surface area (Å²) in [6.45, 7) is 2.15. The lowest BCUT2D eigenvalue weighted by Crippen LogP contribution is -2.68. The zero-order chi connectivity index (χ0) is 73.9. The molecule has 4 heterocycles. The normalized spacial score (nSPS) is 25.4. The third-order valence-electron chi connectivity index (χ3n) is 19.8. The lowest BCUT2D eigenvalue weighted by Gasteiger charge is -2.52. The molecule has 0 spiro atoms. The van der Waals surface area contributed by atoms with Crippen LogP contribution in [0, 0.1) is 0 Å². The minimum absolute atomic E-state index is 0.00901. The fourth-order valence-corrected chi connectivity index (χ4v) is 14.2. The summed E-state index contributed by atoms with van der Waals surface area (Å²) < 4.78 is 117. The van der Waals surface area contributed by atoms with Crippen LogP contribution in [-0.2, 0) is 129 Å². The Morgan fingerprint density at radius 3 is 1.21 bits per heavy atom. The van der Waals surface area contributed by atoms with E-state index in [2.05, 4.69) is 40.4 Å². The Hall–Kier alpha value is -8.87. The van der Waals surface area contributed by atoms with Gasteiger partial charge in [0, 0.05) is 23.6 Å². The highest BCUT2D eigenvalue weighted by Crippen LogP contribution is 2.42. The minimum Gasteiger partial charge on any atom is -0.374 e. The van der Waals surface area contributed by atoms with Crippen LogP contribution in [0.4, 0.5) is 0 Å². The average molecular weight is 1470 g/mol. The van der Waals surface area contributed by atoms with Crippen molar-refractivity contribution >= 4 is 10.8 Å². The highest BCUT2D eigenvalue weighted by atomic mass is 16.8. The van der Waals surface area contributed by atoms with Crippen molar-refractivity contribution in [1.29, 1.82) is 0 Å². The molecule has 0 saturated carbocycles. The van der Waals surface area contributed by atoms with Gasteiger partial charge in [-0.1, -0.05) is 291 Å². The van der Waals surface area contributed by atoms with E-state index in [1.165, 1.54) is 0 Å². The van der Waals surface area contributed by atoms with E-state index in [4.69, 9.17) is 75.8 Å². The molecule has 10 aromatic carbocycles. The molecule has 0 aliphatic carbocycles. The zero-order valence-electron chi connectivity index (χ0n) is 61.1. The molecule has 19 nitrogen and oxygen atoms in total. The Bertz CT molecular complexity index is 4300. The first kappa shape index (κ1) is 76.9. The largest absolute Gasteiger partial charge is 0.374 e. The lowest BCUT2D eigenvalue weighted by molar-refractivity contribution is -0.415. The molecular weight excluding hydrogens is 1380 g/mol. The maximum Gasteiger partial charge on any atom is 0.187 e. The minimum atomic E-state index is -1.43. The Morgan fingerprint density at radius 2 is 0.725 bits per heavy atom. The third kappa shape index (κ3) is 21.8. The van der Waals surface area contributed by atoms with Gasteiger partial charge in [0.05, 0.1) is 72.7 Å². The van der Waals surface area contributed by atoms with Gasteiger partial charge < -0.3 is 75.8 Å². The van der Waals surface area contributed by atoms with E-state index < -0.39 is 98.4 Å². The van der Waals surface area contributed by atoms with Gasteiger partial charge in [-0.25, -0.2) is 0 Å². The van der Waals surface area contributed by atoms with E-state index >= 15 is 0 Å². The van der Waals surface area contributed by atoms with E-state index in [9.17, 15) is 5.53 Å². The number of hydrogen-bond donors (Lipinski definition) is 0. The zero-order valence-corrected chi connectivity index (χ0v) is 61.1. The number of hydrogen-bond acceptors (Lipinski definition) is 17. The Kier molecular flexibility index (Phi) is 28.7. The molecule has 0 radical (unpaired) electrons. The molecule has 10 unspecified atom stereocenters. The summed E-state index contributed by atoms with van der Waals surface area (Å²) >= 11 is 0. The van der Waals surface area contributed by atoms with E-state index in [1.807, 2.05) is 255 Å². The summed E-state index contributed by atoms with van der Waals surface area (Å²) in [5.41, 5.74) is 17.4. The second kappa shape index (κ2) is 40.7. The topological polar surface area (TPSA) is 196 Å². The van der Waals surface area contributed by atoms with Crippen LogP contribution in [-0.4, -0.2) is 125 Å². The molecule has 19 heteroatoms. The van der Waals surface area contributed by atoms with Crippen molar-refractivity contribution in [2.24, 2.45) is 5.11 Å². The van der Waals surface area contributed by atoms with Crippen molar-refractivity contribution in [3.63, 3.8) is 0 Å². The summed E-state index contributed by atoms with van der Waals surface area (Å²) in [4.78, 5) is 3.00. The van der Waals surface area contributed by atoms with Crippen molar-refractivity contribution in [2.45, 2.75) is 171 Å². The molecule has 4 aliphatic rings. The lowest BCUT2D eigenvalue weighted by atomic mass is 9.95. The number of azide groups is 1. The number of rotatable bonds is 38. The van der Waals surface area contributed by atoms with Crippen molar-refractivity contribution in [2.75, 3.05) is 33.0 Å². The van der Waals surface area contributed by atoms with Gasteiger partial charge in [-0.05, 0) is 79.7 Å². The highest BCUT2D eigenvalue weighted by molar-refractivity contribution is 5.83. The number of nitrogens with zero attached hydrogens (tertiary/aromatic N) is 3. The molecule has 109 heavy (non-hydrogen) atoms. The molecule has 566 valence electrons. The molecule has 16 atom stereocenters. The van der Waals surface area contributed by atoms with Crippen molar-refractivity contribution < 1.29 is 75.8 Å². The molecule has 0 N–H and O–H groups in total. The van der Waals surface area contributed by atoms with Crippen LogP contribution in [0.15, 0.2) is 290 Å². The molecule has 0 amide bonds. The second-order valence-corrected chi connectivity index (χ2v) is 27.7. The maximum atomic E-state index is 9.20. The fourth-order valence-electron chi connectivity index (χ4n) is 14.2. The standard InChI is InChI=1S/C90H95N3O16/c91-93-92-50-28-9-29-51-96-88-85(81(99-57-68-38-18-5-19-39-68)78(97-55-66-34-14-3-15-35-66)75(104-88)61-94-53-64-30-10-1-11-31-64)108-90-86(82(100-58-69-40-20-6-21-41-69)79(98-56-67-36-16-4-17-37-67)76(105-90)62-95-54-65-32-12-2-13-33-65)109-89-84(102-59-70-42-22-7-23-43-70)83(101-60-71-48-49-72-44-26-27-47-74(72)52-71)80-77(106-89)63-103-87(107-80)73-45-24-8-25-46-73/h1-8,10-27,30-49,52,75-90H,9,28-29,50-51,53-63H2/t75?,76?,77?,78-,79-,80-,81?,82?,83?,84?,85?,86?,87?,88+,89+,90-/m1/s1. The van der Waals surface area contributed by atoms with Gasteiger partial charge in [0.25, 0.3) is 0 Å². The van der Waals surface area contributed by atoms with Crippen molar-refractivity contribution in [3.05, 3.63) is 346 Å². The fraction of sp³-hybridized carbons (Fsp3) is 0.356. The average Bonchev–Trinajstić information content (AvgIpc) is 0.756. The molecule has 0 aromatic heterocycles. The molecule has 0 bridgehead atoms. The van der Waals surface area contributed by atoms with Crippen LogP contribution in [0.2, 0.25) is 0 Å². The molecule has 14 rings (SSSR count). The summed E-state index contributed by atoms with van der Waals surface area (Å²) in [5, 5.41) is 5.99. The van der Waals surface area contributed by atoms with Crippen LogP contribution < -0.4 is 0 Å². The summed E-state index contributed by atoms with van der Waals surface area (Å²) in [5.74, 6) is 0. The van der Waals surface area contributed by atoms with E-state index in [0.717, 1.165) is 60.8 Å². The summed E-state index contributed by atoms with van der Waals surface area (Å²) in [6.07, 6.45) is -14.2. The highest BCUT2D eigenvalue weighted by Gasteiger charge is 2.58. The first-order chi connectivity index (χ1) is 54.0. The van der Waals surface area contributed by atoms with Gasteiger partial charge in [-0.3, -0.25) is 0 Å². The Balaban J connectivity index is 0.904.